The third-order valence-corrected chi connectivity index (χ3v) is 7.62. The van der Waals surface area contributed by atoms with Gasteiger partial charge in [-0.3, -0.25) is 9.80 Å². The molecule has 36 heavy (non-hydrogen) atoms. The largest absolute Gasteiger partial charge is 0.507 e. The van der Waals surface area contributed by atoms with Crippen molar-refractivity contribution in [3.8, 4) is 22.6 Å². The molecule has 2 heterocycles. The predicted octanol–water partition coefficient (Wildman–Crippen LogP) is 4.07. The lowest BCUT2D eigenvalue weighted by molar-refractivity contribution is 0.203. The maximum Gasteiger partial charge on any atom is 0.127 e. The van der Waals surface area contributed by atoms with E-state index in [1.165, 1.54) is 0 Å². The lowest BCUT2D eigenvalue weighted by atomic mass is 9.92. The average Bonchev–Trinajstić information content (AvgIpc) is 2.86. The Kier molecular flexibility index (Phi) is 8.86. The second-order valence-electron chi connectivity index (χ2n) is 10.5. The number of phenols is 2. The summed E-state index contributed by atoms with van der Waals surface area (Å²) in [6.45, 7) is 12.9. The highest BCUT2D eigenvalue weighted by atomic mass is 16.3. The monoisotopic (exact) mass is 490 g/mol. The Morgan fingerprint density at radius 2 is 1.22 bits per heavy atom. The number of phenolic OH excluding ortho intramolecular Hbond substituents is 2. The van der Waals surface area contributed by atoms with Gasteiger partial charge in [0.1, 0.15) is 11.5 Å². The van der Waals surface area contributed by atoms with E-state index in [0.717, 1.165) is 91.7 Å². The van der Waals surface area contributed by atoms with Gasteiger partial charge < -0.3 is 21.7 Å². The van der Waals surface area contributed by atoms with Gasteiger partial charge in [-0.2, -0.15) is 0 Å². The highest BCUT2D eigenvalue weighted by molar-refractivity contribution is 5.75. The van der Waals surface area contributed by atoms with Gasteiger partial charge in [-0.15, -0.1) is 13.2 Å². The number of benzene rings is 2. The van der Waals surface area contributed by atoms with Crippen molar-refractivity contribution in [1.29, 1.82) is 0 Å². The van der Waals surface area contributed by atoms with E-state index in [9.17, 15) is 10.2 Å². The van der Waals surface area contributed by atoms with E-state index in [0.29, 0.717) is 31.0 Å². The molecule has 0 aromatic heterocycles. The Bertz CT molecular complexity index is 1070. The van der Waals surface area contributed by atoms with Crippen LogP contribution in [0.4, 0.5) is 0 Å². The van der Waals surface area contributed by atoms with E-state index in [4.69, 9.17) is 11.5 Å². The number of allylic oxidation sites excluding steroid dienone is 2. The third kappa shape index (κ3) is 6.37. The van der Waals surface area contributed by atoms with Crippen LogP contribution in [0.25, 0.3) is 11.1 Å². The molecular formula is C30H42N4O2. The van der Waals surface area contributed by atoms with Crippen molar-refractivity contribution in [1.82, 2.24) is 9.80 Å². The summed E-state index contributed by atoms with van der Waals surface area (Å²) in [7, 11) is 0. The molecule has 0 radical (unpaired) electrons. The summed E-state index contributed by atoms with van der Waals surface area (Å²) in [6.07, 6.45) is 8.88. The van der Waals surface area contributed by atoms with Crippen LogP contribution in [0.3, 0.4) is 0 Å². The van der Waals surface area contributed by atoms with Gasteiger partial charge in [-0.05, 0) is 99.6 Å². The number of rotatable bonds is 9. The molecule has 0 atom stereocenters. The first-order chi connectivity index (χ1) is 17.4. The van der Waals surface area contributed by atoms with Crippen LogP contribution in [0, 0.1) is 0 Å². The first-order valence-corrected chi connectivity index (χ1v) is 13.3. The summed E-state index contributed by atoms with van der Waals surface area (Å²) >= 11 is 0. The zero-order valence-corrected chi connectivity index (χ0v) is 21.5. The van der Waals surface area contributed by atoms with Crippen molar-refractivity contribution < 1.29 is 10.2 Å². The molecule has 194 valence electrons. The molecule has 6 nitrogen and oxygen atoms in total. The molecule has 6 N–H and O–H groups in total. The van der Waals surface area contributed by atoms with Gasteiger partial charge in [-0.1, -0.05) is 18.2 Å². The fourth-order valence-electron chi connectivity index (χ4n) is 5.44. The maximum atomic E-state index is 11.5. The van der Waals surface area contributed by atoms with Crippen LogP contribution in [0.2, 0.25) is 0 Å². The van der Waals surface area contributed by atoms with Crippen LogP contribution in [0.5, 0.6) is 11.5 Å². The molecule has 0 aliphatic carbocycles. The SMILES string of the molecule is C=CCc1cc(CN2CCC(N)CC2)c(O)c(-c2cc(CC=C)c(O)c(CN3CCC(N)CC3)c2)c1. The van der Waals surface area contributed by atoms with Crippen molar-refractivity contribution in [2.24, 2.45) is 11.5 Å². The topological polar surface area (TPSA) is 99.0 Å². The third-order valence-electron chi connectivity index (χ3n) is 7.62. The quantitative estimate of drug-likeness (QED) is 0.396. The smallest absolute Gasteiger partial charge is 0.127 e. The van der Waals surface area contributed by atoms with Gasteiger partial charge in [0.05, 0.1) is 0 Å². The van der Waals surface area contributed by atoms with Crippen LogP contribution >= 0.6 is 0 Å². The number of likely N-dealkylation sites (tertiary alicyclic amines) is 2. The molecule has 2 fully saturated rings. The molecule has 2 aromatic carbocycles. The van der Waals surface area contributed by atoms with Crippen LogP contribution < -0.4 is 11.5 Å². The first-order valence-electron chi connectivity index (χ1n) is 13.3. The molecule has 6 heteroatoms. The summed E-state index contributed by atoms with van der Waals surface area (Å²) < 4.78 is 0. The Morgan fingerprint density at radius 3 is 1.75 bits per heavy atom. The zero-order valence-electron chi connectivity index (χ0n) is 21.5. The van der Waals surface area contributed by atoms with E-state index in [-0.39, 0.29) is 12.1 Å². The predicted molar refractivity (Wildman–Crippen MR) is 148 cm³/mol. The molecule has 0 unspecified atom stereocenters. The van der Waals surface area contributed by atoms with E-state index < -0.39 is 0 Å². The summed E-state index contributed by atoms with van der Waals surface area (Å²) in [4.78, 5) is 4.71. The fourth-order valence-corrected chi connectivity index (χ4v) is 5.44. The lowest BCUT2D eigenvalue weighted by Gasteiger charge is -2.31. The van der Waals surface area contributed by atoms with Crippen molar-refractivity contribution in [2.45, 2.75) is 63.7 Å². The molecule has 0 spiro atoms. The number of nitrogens with two attached hydrogens (primary N) is 2. The van der Waals surface area contributed by atoms with Crippen molar-refractivity contribution in [3.63, 3.8) is 0 Å². The Hall–Kier alpha value is -2.64. The average molecular weight is 491 g/mol. The number of piperidine rings is 2. The lowest BCUT2D eigenvalue weighted by Crippen LogP contribution is -2.39. The number of hydrogen-bond donors (Lipinski definition) is 4. The van der Waals surface area contributed by atoms with Gasteiger partial charge in [0.2, 0.25) is 0 Å². The first kappa shape index (κ1) is 26.4. The summed E-state index contributed by atoms with van der Waals surface area (Å²) in [6, 6.07) is 8.71. The number of aromatic hydroxyl groups is 2. The highest BCUT2D eigenvalue weighted by Gasteiger charge is 2.22. The molecule has 0 amide bonds. The zero-order chi connectivity index (χ0) is 25.7. The fraction of sp³-hybridized carbons (Fsp3) is 0.467. The normalized spacial score (nSPS) is 18.4. The highest BCUT2D eigenvalue weighted by Crippen LogP contribution is 2.39. The second-order valence-corrected chi connectivity index (χ2v) is 10.5. The van der Waals surface area contributed by atoms with Gasteiger partial charge >= 0.3 is 0 Å². The van der Waals surface area contributed by atoms with Crippen LogP contribution in [0.1, 0.15) is 47.9 Å². The number of nitrogens with zero attached hydrogens (tertiary/aromatic N) is 2. The van der Waals surface area contributed by atoms with E-state index in [1.807, 2.05) is 24.3 Å². The van der Waals surface area contributed by atoms with Crippen molar-refractivity contribution in [3.05, 3.63) is 71.8 Å². The minimum atomic E-state index is 0.260. The number of hydrogen-bond acceptors (Lipinski definition) is 6. The van der Waals surface area contributed by atoms with Crippen molar-refractivity contribution >= 4 is 0 Å². The second kappa shape index (κ2) is 12.1. The standard InChI is InChI=1S/C30H42N4O2/c1-3-5-21-15-24(19-33-11-7-26(31)8-12-33)30(36)28(16-21)23-17-22(6-4-2)29(35)25(18-23)20-34-13-9-27(32)10-14-34/h3-4,15-18,26-27,35-36H,1-2,5-14,19-20,31-32H2. The van der Waals surface area contributed by atoms with Crippen molar-refractivity contribution in [2.75, 3.05) is 26.2 Å². The van der Waals surface area contributed by atoms with Crippen LogP contribution in [0.15, 0.2) is 49.6 Å². The molecule has 0 saturated carbocycles. The van der Waals surface area contributed by atoms with E-state index in [2.05, 4.69) is 35.1 Å². The van der Waals surface area contributed by atoms with Gasteiger partial charge in [0, 0.05) is 41.9 Å². The molecule has 2 aliphatic heterocycles. The molecule has 0 bridgehead atoms. The summed E-state index contributed by atoms with van der Waals surface area (Å²) in [5, 5.41) is 22.5. The van der Waals surface area contributed by atoms with Gasteiger partial charge in [0.25, 0.3) is 0 Å². The summed E-state index contributed by atoms with van der Waals surface area (Å²) in [5.41, 5.74) is 17.6. The van der Waals surface area contributed by atoms with Crippen LogP contribution in [-0.2, 0) is 25.9 Å². The summed E-state index contributed by atoms with van der Waals surface area (Å²) in [5.74, 6) is 0.628. The molecule has 2 aromatic rings. The van der Waals surface area contributed by atoms with Gasteiger partial charge in [-0.25, -0.2) is 0 Å². The molecule has 2 saturated heterocycles. The van der Waals surface area contributed by atoms with Crippen LogP contribution in [-0.4, -0.2) is 58.3 Å². The minimum Gasteiger partial charge on any atom is -0.507 e. The molecule has 2 aliphatic rings. The van der Waals surface area contributed by atoms with E-state index >= 15 is 0 Å². The Morgan fingerprint density at radius 1 is 0.722 bits per heavy atom. The molecule has 4 rings (SSSR count). The Balaban J connectivity index is 1.71. The van der Waals surface area contributed by atoms with E-state index in [1.54, 1.807) is 0 Å². The Labute approximate surface area is 215 Å². The maximum absolute atomic E-state index is 11.5. The molecular weight excluding hydrogens is 448 g/mol. The van der Waals surface area contributed by atoms with Gasteiger partial charge in [0.15, 0.2) is 0 Å². The minimum absolute atomic E-state index is 0.260.